The number of aliphatic carboxylic acids is 2. The number of carboxylic acids is 2. The summed E-state index contributed by atoms with van der Waals surface area (Å²) >= 11 is 0. The molecule has 3 amide bonds. The maximum atomic E-state index is 13.2. The summed E-state index contributed by atoms with van der Waals surface area (Å²) in [7, 11) is 0. The standard InChI is InChI=1S/C24H32N6O8/c1-12(2)20(25)23(36)29-16(7-13-3-5-15(31)6-4-13)21(34)28-17(9-19(32)33)22(35)30-18(24(37)38)8-14-10-26-11-27-14/h3-6,10-12,16-18,20,31H,7-9,25H2,1-2H3,(H,26,27)(H,28,34)(H,29,36)(H,30,35)(H,32,33)(H,37,38). The molecule has 14 nitrogen and oxygen atoms in total. The van der Waals surface area contributed by atoms with E-state index in [1.54, 1.807) is 13.8 Å². The molecule has 4 unspecified atom stereocenters. The predicted molar refractivity (Wildman–Crippen MR) is 133 cm³/mol. The third kappa shape index (κ3) is 9.20. The molecule has 0 bridgehead atoms. The van der Waals surface area contributed by atoms with Crippen LogP contribution in [0.3, 0.4) is 0 Å². The van der Waals surface area contributed by atoms with Crippen LogP contribution in [0.1, 0.15) is 31.5 Å². The molecular weight excluding hydrogens is 500 g/mol. The van der Waals surface area contributed by atoms with E-state index in [4.69, 9.17) is 5.73 Å². The van der Waals surface area contributed by atoms with Crippen LogP contribution in [0.25, 0.3) is 0 Å². The van der Waals surface area contributed by atoms with E-state index in [2.05, 4.69) is 25.9 Å². The second-order valence-electron chi connectivity index (χ2n) is 9.04. The van der Waals surface area contributed by atoms with Gasteiger partial charge in [0.15, 0.2) is 0 Å². The van der Waals surface area contributed by atoms with Gasteiger partial charge in [-0.25, -0.2) is 9.78 Å². The fourth-order valence-corrected chi connectivity index (χ4v) is 3.39. The molecule has 0 radical (unpaired) electrons. The highest BCUT2D eigenvalue weighted by Crippen LogP contribution is 2.12. The van der Waals surface area contributed by atoms with Crippen molar-refractivity contribution in [3.05, 3.63) is 48.0 Å². The van der Waals surface area contributed by atoms with E-state index in [1.165, 1.54) is 36.8 Å². The Bertz CT molecular complexity index is 1120. The molecule has 38 heavy (non-hydrogen) atoms. The smallest absolute Gasteiger partial charge is 0.326 e. The molecule has 0 saturated heterocycles. The largest absolute Gasteiger partial charge is 0.508 e. The lowest BCUT2D eigenvalue weighted by Gasteiger charge is -2.25. The molecular formula is C24H32N6O8. The lowest BCUT2D eigenvalue weighted by Crippen LogP contribution is -2.58. The monoisotopic (exact) mass is 532 g/mol. The molecule has 0 aliphatic carbocycles. The Labute approximate surface area is 218 Å². The number of amides is 3. The van der Waals surface area contributed by atoms with E-state index in [9.17, 15) is 39.3 Å². The fraction of sp³-hybridized carbons (Fsp3) is 0.417. The average Bonchev–Trinajstić information content (AvgIpc) is 3.36. The topological polar surface area (TPSA) is 237 Å². The molecule has 14 heteroatoms. The van der Waals surface area contributed by atoms with Gasteiger partial charge in [-0.2, -0.15) is 0 Å². The van der Waals surface area contributed by atoms with Crippen LogP contribution in [-0.2, 0) is 36.8 Å². The molecule has 0 spiro atoms. The molecule has 206 valence electrons. The summed E-state index contributed by atoms with van der Waals surface area (Å²) < 4.78 is 0. The summed E-state index contributed by atoms with van der Waals surface area (Å²) in [5, 5.41) is 35.4. The number of phenols is 1. The third-order valence-electron chi connectivity index (χ3n) is 5.64. The zero-order valence-electron chi connectivity index (χ0n) is 20.9. The van der Waals surface area contributed by atoms with Crippen LogP contribution in [0.4, 0.5) is 0 Å². The zero-order valence-corrected chi connectivity index (χ0v) is 20.9. The second-order valence-corrected chi connectivity index (χ2v) is 9.04. The number of hydrogen-bond acceptors (Lipinski definition) is 8. The molecule has 2 rings (SSSR count). The van der Waals surface area contributed by atoms with Crippen LogP contribution in [-0.4, -0.2) is 79.1 Å². The molecule has 0 saturated carbocycles. The Kier molecular flexibility index (Phi) is 10.8. The molecule has 1 aromatic carbocycles. The van der Waals surface area contributed by atoms with Crippen molar-refractivity contribution in [1.82, 2.24) is 25.9 Å². The molecule has 1 aromatic heterocycles. The number of nitrogens with one attached hydrogen (secondary N) is 4. The number of aromatic nitrogens is 2. The van der Waals surface area contributed by atoms with Gasteiger partial charge in [-0.15, -0.1) is 0 Å². The van der Waals surface area contributed by atoms with E-state index in [1.807, 2.05) is 0 Å². The minimum Gasteiger partial charge on any atom is -0.508 e. The van der Waals surface area contributed by atoms with Crippen LogP contribution < -0.4 is 21.7 Å². The van der Waals surface area contributed by atoms with E-state index in [0.717, 1.165) is 0 Å². The van der Waals surface area contributed by atoms with Gasteiger partial charge in [-0.3, -0.25) is 19.2 Å². The van der Waals surface area contributed by atoms with E-state index < -0.39 is 60.2 Å². The number of benzene rings is 1. The summed E-state index contributed by atoms with van der Waals surface area (Å²) in [5.74, 6) is -5.63. The summed E-state index contributed by atoms with van der Waals surface area (Å²) in [4.78, 5) is 68.3. The number of nitrogens with two attached hydrogens (primary N) is 1. The van der Waals surface area contributed by atoms with Gasteiger partial charge in [0.2, 0.25) is 17.7 Å². The lowest BCUT2D eigenvalue weighted by molar-refractivity contribution is -0.143. The van der Waals surface area contributed by atoms with E-state index in [0.29, 0.717) is 11.3 Å². The summed E-state index contributed by atoms with van der Waals surface area (Å²) in [5.41, 5.74) is 6.85. The predicted octanol–water partition coefficient (Wildman–Crippen LogP) is -1.10. The first-order chi connectivity index (χ1) is 17.9. The van der Waals surface area contributed by atoms with Gasteiger partial charge < -0.3 is 42.0 Å². The van der Waals surface area contributed by atoms with Crippen LogP contribution in [0.2, 0.25) is 0 Å². The van der Waals surface area contributed by atoms with Gasteiger partial charge in [-0.05, 0) is 23.6 Å². The highest BCUT2D eigenvalue weighted by molar-refractivity contribution is 5.95. The Morgan fingerprint density at radius 3 is 2.00 bits per heavy atom. The second kappa shape index (κ2) is 13.7. The molecule has 9 N–H and O–H groups in total. The van der Waals surface area contributed by atoms with Crippen molar-refractivity contribution in [2.24, 2.45) is 11.7 Å². The van der Waals surface area contributed by atoms with Crippen LogP contribution >= 0.6 is 0 Å². The van der Waals surface area contributed by atoms with Gasteiger partial charge in [0.1, 0.15) is 23.9 Å². The van der Waals surface area contributed by atoms with Crippen LogP contribution in [0, 0.1) is 5.92 Å². The van der Waals surface area contributed by atoms with Crippen LogP contribution in [0.15, 0.2) is 36.8 Å². The normalized spacial score (nSPS) is 14.1. The number of phenolic OH excluding ortho intramolecular Hbond substituents is 1. The quantitative estimate of drug-likeness (QED) is 0.146. The van der Waals surface area contributed by atoms with Gasteiger partial charge >= 0.3 is 11.9 Å². The Balaban J connectivity index is 2.23. The Morgan fingerprint density at radius 2 is 1.47 bits per heavy atom. The highest BCUT2D eigenvalue weighted by atomic mass is 16.4. The van der Waals surface area contributed by atoms with Gasteiger partial charge in [-0.1, -0.05) is 26.0 Å². The fourth-order valence-electron chi connectivity index (χ4n) is 3.39. The number of imidazole rings is 1. The summed E-state index contributed by atoms with van der Waals surface area (Å²) in [6.45, 7) is 3.43. The summed E-state index contributed by atoms with van der Waals surface area (Å²) in [6.07, 6.45) is 1.62. The Morgan fingerprint density at radius 1 is 0.895 bits per heavy atom. The maximum absolute atomic E-state index is 13.2. The van der Waals surface area contributed by atoms with E-state index >= 15 is 0 Å². The molecule has 1 heterocycles. The van der Waals surface area contributed by atoms with Gasteiger partial charge in [0.25, 0.3) is 0 Å². The maximum Gasteiger partial charge on any atom is 0.326 e. The van der Waals surface area contributed by atoms with Crippen LogP contribution in [0.5, 0.6) is 5.75 Å². The first kappa shape index (κ1) is 29.8. The molecule has 0 aliphatic rings. The highest BCUT2D eigenvalue weighted by Gasteiger charge is 2.32. The SMILES string of the molecule is CC(C)C(N)C(=O)NC(Cc1ccc(O)cc1)C(=O)NC(CC(=O)O)C(=O)NC(Cc1cnc[nH]1)C(=O)O. The van der Waals surface area contributed by atoms with Crippen molar-refractivity contribution < 1.29 is 39.3 Å². The van der Waals surface area contributed by atoms with Crippen molar-refractivity contribution in [2.75, 3.05) is 0 Å². The number of nitrogens with zero attached hydrogens (tertiary/aromatic N) is 1. The minimum absolute atomic E-state index is 0.0121. The van der Waals surface area contributed by atoms with Crippen molar-refractivity contribution >= 4 is 29.7 Å². The average molecular weight is 533 g/mol. The van der Waals surface area contributed by atoms with Crippen molar-refractivity contribution in [2.45, 2.75) is 57.3 Å². The van der Waals surface area contributed by atoms with Crippen molar-refractivity contribution in [3.8, 4) is 5.75 Å². The first-order valence-corrected chi connectivity index (χ1v) is 11.7. The summed E-state index contributed by atoms with van der Waals surface area (Å²) in [6, 6.07) is 0.533. The number of H-pyrrole nitrogens is 1. The van der Waals surface area contributed by atoms with Crippen molar-refractivity contribution in [1.29, 1.82) is 0 Å². The molecule has 4 atom stereocenters. The number of aromatic hydroxyl groups is 1. The van der Waals surface area contributed by atoms with Crippen molar-refractivity contribution in [3.63, 3.8) is 0 Å². The molecule has 0 aliphatic heterocycles. The number of carbonyl (C=O) groups excluding carboxylic acids is 3. The first-order valence-electron chi connectivity index (χ1n) is 11.7. The zero-order chi connectivity index (χ0) is 28.4. The van der Waals surface area contributed by atoms with Gasteiger partial charge in [0, 0.05) is 24.7 Å². The number of aromatic amines is 1. The minimum atomic E-state index is -1.65. The third-order valence-corrected chi connectivity index (χ3v) is 5.64. The number of carbonyl (C=O) groups is 5. The van der Waals surface area contributed by atoms with Gasteiger partial charge in [0.05, 0.1) is 18.8 Å². The Hall–Kier alpha value is -4.46. The molecule has 0 fully saturated rings. The number of rotatable bonds is 14. The number of carboxylic acid groups (broad SMARTS) is 2. The van der Waals surface area contributed by atoms with E-state index in [-0.39, 0.29) is 24.5 Å². The molecule has 2 aromatic rings. The number of hydrogen-bond donors (Lipinski definition) is 8. The lowest BCUT2D eigenvalue weighted by atomic mass is 10.0.